The number of alkyl carbamates (subject to hydrolysis) is 1. The molecule has 3 rings (SSSR count). The first kappa shape index (κ1) is 25.3. The highest BCUT2D eigenvalue weighted by atomic mass is 16.5. The summed E-state index contributed by atoms with van der Waals surface area (Å²) in [5.74, 6) is -1.07. The molecule has 0 aliphatic heterocycles. The topological polar surface area (TPSA) is 105 Å². The number of amides is 2. The Hall–Kier alpha value is -3.35. The third kappa shape index (κ3) is 6.83. The Labute approximate surface area is 200 Å². The Morgan fingerprint density at radius 2 is 1.59 bits per heavy atom. The first-order valence-electron chi connectivity index (χ1n) is 11.8. The second-order valence-electron chi connectivity index (χ2n) is 9.73. The molecule has 0 unspecified atom stereocenters. The van der Waals surface area contributed by atoms with Gasteiger partial charge in [0, 0.05) is 24.9 Å². The Morgan fingerprint density at radius 3 is 2.18 bits per heavy atom. The van der Waals surface area contributed by atoms with Crippen molar-refractivity contribution >= 4 is 18.0 Å². The predicted molar refractivity (Wildman–Crippen MR) is 131 cm³/mol. The summed E-state index contributed by atoms with van der Waals surface area (Å²) in [5.41, 5.74) is 4.57. The van der Waals surface area contributed by atoms with E-state index >= 15 is 0 Å². The molecule has 2 aromatic carbocycles. The van der Waals surface area contributed by atoms with Crippen molar-refractivity contribution in [1.29, 1.82) is 0 Å². The average molecular weight is 467 g/mol. The molecule has 0 heterocycles. The SMILES string of the molecule is C[C@H](CC(=O)O)NC(=O)CCC(C)(C)CCNC(=O)OCC1c2ccccc2-c2ccccc21. The number of aliphatic carboxylic acids is 1. The Kier molecular flexibility index (Phi) is 8.31. The van der Waals surface area contributed by atoms with Gasteiger partial charge >= 0.3 is 12.1 Å². The molecular formula is C27H34N2O5. The van der Waals surface area contributed by atoms with E-state index in [9.17, 15) is 14.4 Å². The fourth-order valence-electron chi connectivity index (χ4n) is 4.39. The lowest BCUT2D eigenvalue weighted by atomic mass is 9.84. The van der Waals surface area contributed by atoms with Crippen LogP contribution in [0.5, 0.6) is 0 Å². The van der Waals surface area contributed by atoms with Crippen molar-refractivity contribution in [2.75, 3.05) is 13.2 Å². The summed E-state index contributed by atoms with van der Waals surface area (Å²) in [7, 11) is 0. The van der Waals surface area contributed by atoms with Crippen LogP contribution < -0.4 is 10.6 Å². The third-order valence-electron chi connectivity index (χ3n) is 6.33. The van der Waals surface area contributed by atoms with Crippen molar-refractivity contribution in [3.05, 3.63) is 59.7 Å². The molecular weight excluding hydrogens is 432 g/mol. The van der Waals surface area contributed by atoms with Crippen molar-refractivity contribution in [3.8, 4) is 11.1 Å². The molecule has 7 heteroatoms. The Morgan fingerprint density at radius 1 is 1.00 bits per heavy atom. The monoisotopic (exact) mass is 466 g/mol. The summed E-state index contributed by atoms with van der Waals surface area (Å²) in [6.07, 6.45) is 1.08. The van der Waals surface area contributed by atoms with Gasteiger partial charge in [-0.15, -0.1) is 0 Å². The number of benzene rings is 2. The zero-order chi connectivity index (χ0) is 24.7. The van der Waals surface area contributed by atoms with E-state index in [-0.39, 0.29) is 30.3 Å². The molecule has 0 bridgehead atoms. The standard InChI is InChI=1S/C27H34N2O5/c1-18(16-25(31)32)29-24(30)12-13-27(2,3)14-15-28-26(33)34-17-23-21-10-6-4-8-19(21)20-9-5-7-11-22(20)23/h4-11,18,23H,12-17H2,1-3H3,(H,28,33)(H,29,30)(H,31,32)/t18-/m1/s1. The maximum Gasteiger partial charge on any atom is 0.407 e. The zero-order valence-corrected chi connectivity index (χ0v) is 20.1. The van der Waals surface area contributed by atoms with Gasteiger partial charge in [-0.25, -0.2) is 4.79 Å². The maximum absolute atomic E-state index is 12.3. The van der Waals surface area contributed by atoms with Crippen LogP contribution in [0.3, 0.4) is 0 Å². The smallest absolute Gasteiger partial charge is 0.407 e. The van der Waals surface area contributed by atoms with Crippen LogP contribution in [-0.2, 0) is 14.3 Å². The van der Waals surface area contributed by atoms with Gasteiger partial charge in [0.05, 0.1) is 6.42 Å². The summed E-state index contributed by atoms with van der Waals surface area (Å²) in [6, 6.07) is 16.0. The summed E-state index contributed by atoms with van der Waals surface area (Å²) < 4.78 is 5.57. The van der Waals surface area contributed by atoms with Gasteiger partial charge in [-0.3, -0.25) is 9.59 Å². The molecule has 3 N–H and O–H groups in total. The molecule has 1 aliphatic carbocycles. The van der Waals surface area contributed by atoms with Crippen LogP contribution in [0.15, 0.2) is 48.5 Å². The molecule has 0 aromatic heterocycles. The lowest BCUT2D eigenvalue weighted by molar-refractivity contribution is -0.137. The van der Waals surface area contributed by atoms with Crippen LogP contribution in [0.25, 0.3) is 11.1 Å². The number of fused-ring (bicyclic) bond motifs is 3. The van der Waals surface area contributed by atoms with E-state index in [2.05, 4.69) is 34.9 Å². The van der Waals surface area contributed by atoms with Gasteiger partial charge in [-0.1, -0.05) is 62.4 Å². The molecule has 1 aliphatic rings. The van der Waals surface area contributed by atoms with Crippen LogP contribution in [0.1, 0.15) is 63.5 Å². The first-order chi connectivity index (χ1) is 16.2. The number of carboxylic acids is 1. The van der Waals surface area contributed by atoms with E-state index in [4.69, 9.17) is 9.84 Å². The van der Waals surface area contributed by atoms with Gasteiger partial charge in [0.2, 0.25) is 5.91 Å². The molecule has 1 atom stereocenters. The van der Waals surface area contributed by atoms with E-state index in [1.165, 1.54) is 22.3 Å². The van der Waals surface area contributed by atoms with E-state index in [0.29, 0.717) is 25.8 Å². The normalized spacial score (nSPS) is 13.5. The lowest BCUT2D eigenvalue weighted by Crippen LogP contribution is -2.35. The van der Waals surface area contributed by atoms with Gasteiger partial charge in [-0.05, 0) is 47.4 Å². The molecule has 34 heavy (non-hydrogen) atoms. The minimum atomic E-state index is -0.938. The average Bonchev–Trinajstić information content (AvgIpc) is 3.09. The van der Waals surface area contributed by atoms with Crippen LogP contribution >= 0.6 is 0 Å². The van der Waals surface area contributed by atoms with Crippen molar-refractivity contribution in [1.82, 2.24) is 10.6 Å². The minimum Gasteiger partial charge on any atom is -0.481 e. The predicted octanol–water partition coefficient (Wildman–Crippen LogP) is 4.70. The second-order valence-corrected chi connectivity index (χ2v) is 9.73. The second kappa shape index (κ2) is 11.2. The quantitative estimate of drug-likeness (QED) is 0.445. The number of rotatable bonds is 11. The third-order valence-corrected chi connectivity index (χ3v) is 6.33. The van der Waals surface area contributed by atoms with Crippen LogP contribution in [0.2, 0.25) is 0 Å². The molecule has 7 nitrogen and oxygen atoms in total. The van der Waals surface area contributed by atoms with Crippen molar-refractivity contribution in [2.45, 2.75) is 58.4 Å². The van der Waals surface area contributed by atoms with Crippen LogP contribution in [-0.4, -0.2) is 42.3 Å². The Balaban J connectivity index is 1.41. The first-order valence-corrected chi connectivity index (χ1v) is 11.8. The number of nitrogens with one attached hydrogen (secondary N) is 2. The number of carbonyl (C=O) groups excluding carboxylic acids is 2. The lowest BCUT2D eigenvalue weighted by Gasteiger charge is -2.25. The molecule has 0 fully saturated rings. The van der Waals surface area contributed by atoms with E-state index < -0.39 is 18.1 Å². The summed E-state index contributed by atoms with van der Waals surface area (Å²) in [5, 5.41) is 14.3. The molecule has 0 saturated carbocycles. The van der Waals surface area contributed by atoms with E-state index in [1.807, 2.05) is 38.1 Å². The van der Waals surface area contributed by atoms with Crippen LogP contribution in [0.4, 0.5) is 4.79 Å². The number of ether oxygens (including phenoxy) is 1. The number of hydrogen-bond acceptors (Lipinski definition) is 4. The summed E-state index contributed by atoms with van der Waals surface area (Å²) >= 11 is 0. The highest BCUT2D eigenvalue weighted by Crippen LogP contribution is 2.44. The Bertz CT molecular complexity index is 988. The molecule has 2 amide bonds. The van der Waals surface area contributed by atoms with Gasteiger partial charge in [0.15, 0.2) is 0 Å². The minimum absolute atomic E-state index is 0.0246. The van der Waals surface area contributed by atoms with Crippen molar-refractivity contribution < 1.29 is 24.2 Å². The van der Waals surface area contributed by atoms with Crippen molar-refractivity contribution in [3.63, 3.8) is 0 Å². The van der Waals surface area contributed by atoms with Gasteiger partial charge in [0.25, 0.3) is 0 Å². The summed E-state index contributed by atoms with van der Waals surface area (Å²) in [4.78, 5) is 35.1. The fraction of sp³-hybridized carbons (Fsp3) is 0.444. The van der Waals surface area contributed by atoms with E-state index in [0.717, 1.165) is 0 Å². The van der Waals surface area contributed by atoms with Gasteiger partial charge in [0.1, 0.15) is 6.61 Å². The van der Waals surface area contributed by atoms with E-state index in [1.54, 1.807) is 6.92 Å². The number of carboxylic acid groups (broad SMARTS) is 1. The molecule has 0 spiro atoms. The maximum atomic E-state index is 12.3. The molecule has 0 radical (unpaired) electrons. The highest BCUT2D eigenvalue weighted by Gasteiger charge is 2.29. The summed E-state index contributed by atoms with van der Waals surface area (Å²) in [6.45, 7) is 6.48. The van der Waals surface area contributed by atoms with Gasteiger partial charge in [-0.2, -0.15) is 0 Å². The fourth-order valence-corrected chi connectivity index (χ4v) is 4.39. The van der Waals surface area contributed by atoms with Gasteiger partial charge < -0.3 is 20.5 Å². The number of carbonyl (C=O) groups is 3. The molecule has 2 aromatic rings. The molecule has 0 saturated heterocycles. The number of hydrogen-bond donors (Lipinski definition) is 3. The highest BCUT2D eigenvalue weighted by molar-refractivity contribution is 5.79. The van der Waals surface area contributed by atoms with Crippen molar-refractivity contribution in [2.24, 2.45) is 5.41 Å². The largest absolute Gasteiger partial charge is 0.481 e. The zero-order valence-electron chi connectivity index (χ0n) is 20.1. The van der Waals surface area contributed by atoms with Crippen LogP contribution in [0, 0.1) is 5.41 Å². The molecule has 182 valence electrons.